The first-order valence-electron chi connectivity index (χ1n) is 12.5. The molecule has 0 spiro atoms. The highest BCUT2D eigenvalue weighted by Gasteiger charge is 2.40. The number of likely N-dealkylation sites (N-methyl/N-ethyl adjacent to an activating group) is 1. The Hall–Kier alpha value is -2.66. The van der Waals surface area contributed by atoms with Crippen molar-refractivity contribution < 1.29 is 9.53 Å². The Bertz CT molecular complexity index is 1010. The molecule has 1 heterocycles. The molecule has 5 nitrogen and oxygen atoms in total. The van der Waals surface area contributed by atoms with Crippen LogP contribution in [0.4, 0.5) is 0 Å². The molecule has 1 aromatic heterocycles. The maximum atomic E-state index is 11.7. The molecule has 1 amide bonds. The smallest absolute Gasteiger partial charge is 0.218 e. The lowest BCUT2D eigenvalue weighted by Crippen LogP contribution is -2.38. The summed E-state index contributed by atoms with van der Waals surface area (Å²) in [5.41, 5.74) is 12.1. The number of amides is 1. The van der Waals surface area contributed by atoms with Gasteiger partial charge >= 0.3 is 0 Å². The fourth-order valence-corrected chi connectivity index (χ4v) is 6.05. The summed E-state index contributed by atoms with van der Waals surface area (Å²) in [7, 11) is 2.24. The molecule has 5 heteroatoms. The van der Waals surface area contributed by atoms with Gasteiger partial charge < -0.3 is 15.4 Å². The SMILES string of the molecule is CN(CCc1ccccn1)C1CCC(OC2=C3C(=C4CC=CC=C42)CC[C@@H]3CC(N)=O)CC1. The second-order valence-electron chi connectivity index (χ2n) is 9.92. The van der Waals surface area contributed by atoms with Crippen LogP contribution in [0.1, 0.15) is 57.1 Å². The molecule has 4 aliphatic carbocycles. The van der Waals surface area contributed by atoms with E-state index >= 15 is 0 Å². The van der Waals surface area contributed by atoms with E-state index in [-0.39, 0.29) is 17.9 Å². The Kier molecular flexibility index (Phi) is 6.50. The monoisotopic (exact) mass is 445 g/mol. The number of pyridine rings is 1. The van der Waals surface area contributed by atoms with E-state index in [2.05, 4.69) is 47.3 Å². The van der Waals surface area contributed by atoms with Crippen molar-refractivity contribution in [2.24, 2.45) is 11.7 Å². The average molecular weight is 446 g/mol. The molecule has 2 N–H and O–H groups in total. The Labute approximate surface area is 197 Å². The molecule has 2 fully saturated rings. The lowest BCUT2D eigenvalue weighted by Gasteiger charge is -2.35. The summed E-state index contributed by atoms with van der Waals surface area (Å²) in [5.74, 6) is 1.05. The van der Waals surface area contributed by atoms with Crippen LogP contribution in [0, 0.1) is 5.92 Å². The van der Waals surface area contributed by atoms with Gasteiger partial charge in [-0.05, 0) is 81.2 Å². The number of fused-ring (bicyclic) bond motifs is 2. The highest BCUT2D eigenvalue weighted by atomic mass is 16.5. The number of aromatic nitrogens is 1. The van der Waals surface area contributed by atoms with Crippen molar-refractivity contribution in [3.05, 3.63) is 76.4 Å². The number of allylic oxidation sites excluding steroid dienone is 6. The zero-order valence-electron chi connectivity index (χ0n) is 19.6. The summed E-state index contributed by atoms with van der Waals surface area (Å²) in [6.07, 6.45) is 17.6. The number of carbonyl (C=O) groups is 1. The Balaban J connectivity index is 1.22. The maximum absolute atomic E-state index is 11.7. The van der Waals surface area contributed by atoms with E-state index in [0.29, 0.717) is 12.5 Å². The van der Waals surface area contributed by atoms with Crippen LogP contribution in [0.2, 0.25) is 0 Å². The fourth-order valence-electron chi connectivity index (χ4n) is 6.05. The lowest BCUT2D eigenvalue weighted by atomic mass is 9.91. The maximum Gasteiger partial charge on any atom is 0.218 e. The van der Waals surface area contributed by atoms with Crippen LogP contribution in [-0.2, 0) is 16.0 Å². The zero-order chi connectivity index (χ0) is 22.8. The third-order valence-corrected chi connectivity index (χ3v) is 7.82. The molecule has 0 saturated heterocycles. The fraction of sp³-hybridized carbons (Fsp3) is 0.500. The summed E-state index contributed by atoms with van der Waals surface area (Å²) < 4.78 is 6.76. The zero-order valence-corrected chi connectivity index (χ0v) is 19.6. The predicted octanol–water partition coefficient (Wildman–Crippen LogP) is 4.62. The molecule has 5 rings (SSSR count). The van der Waals surface area contributed by atoms with Crippen molar-refractivity contribution >= 4 is 5.91 Å². The molecule has 0 unspecified atom stereocenters. The number of nitrogens with zero attached hydrogens (tertiary/aromatic N) is 2. The van der Waals surface area contributed by atoms with Crippen LogP contribution >= 0.6 is 0 Å². The quantitative estimate of drug-likeness (QED) is 0.634. The lowest BCUT2D eigenvalue weighted by molar-refractivity contribution is -0.118. The third-order valence-electron chi connectivity index (χ3n) is 7.82. The number of primary amides is 1. The molecular formula is C28H35N3O2. The van der Waals surface area contributed by atoms with Crippen molar-refractivity contribution in [2.75, 3.05) is 13.6 Å². The standard InChI is InChI=1S/C28H35N3O2/c1-31(17-15-20-6-4-5-16-30-20)21-10-12-22(13-11-21)33-28-25-8-3-2-7-23(25)24-14-9-19(27(24)28)18-26(29)32/h2-6,8,16,19,21-22H,7,9-15,17-18H2,1H3,(H2,29,32)/t19-,21?,22?/m1/s1. The first kappa shape index (κ1) is 22.1. The molecule has 1 aromatic rings. The largest absolute Gasteiger partial charge is 0.489 e. The van der Waals surface area contributed by atoms with E-state index in [1.54, 1.807) is 0 Å². The van der Waals surface area contributed by atoms with Gasteiger partial charge in [-0.15, -0.1) is 0 Å². The van der Waals surface area contributed by atoms with E-state index in [1.807, 2.05) is 12.3 Å². The molecule has 4 aliphatic rings. The highest BCUT2D eigenvalue weighted by molar-refractivity contribution is 5.76. The molecular weight excluding hydrogens is 410 g/mol. The van der Waals surface area contributed by atoms with Gasteiger partial charge in [0.1, 0.15) is 5.76 Å². The van der Waals surface area contributed by atoms with E-state index in [9.17, 15) is 4.79 Å². The number of hydrogen-bond acceptors (Lipinski definition) is 4. The van der Waals surface area contributed by atoms with Crippen LogP contribution in [-0.4, -0.2) is 41.5 Å². The topological polar surface area (TPSA) is 68.5 Å². The number of hydrogen-bond donors (Lipinski definition) is 1. The van der Waals surface area contributed by atoms with E-state index in [0.717, 1.165) is 69.4 Å². The van der Waals surface area contributed by atoms with Crippen LogP contribution in [0.15, 0.2) is 70.7 Å². The summed E-state index contributed by atoms with van der Waals surface area (Å²) in [6.45, 7) is 1.03. The van der Waals surface area contributed by atoms with Crippen LogP contribution in [0.5, 0.6) is 0 Å². The van der Waals surface area contributed by atoms with Gasteiger partial charge in [-0.2, -0.15) is 0 Å². The highest BCUT2D eigenvalue weighted by Crippen LogP contribution is 2.52. The minimum Gasteiger partial charge on any atom is -0.489 e. The summed E-state index contributed by atoms with van der Waals surface area (Å²) in [5, 5.41) is 0. The Morgan fingerprint density at radius 2 is 2.03 bits per heavy atom. The van der Waals surface area contributed by atoms with Crippen LogP contribution in [0.3, 0.4) is 0 Å². The van der Waals surface area contributed by atoms with Crippen LogP contribution < -0.4 is 5.73 Å². The van der Waals surface area contributed by atoms with Crippen molar-refractivity contribution in [2.45, 2.75) is 69.9 Å². The summed E-state index contributed by atoms with van der Waals surface area (Å²) >= 11 is 0. The first-order valence-corrected chi connectivity index (χ1v) is 12.5. The number of rotatable bonds is 8. The molecule has 1 atom stereocenters. The molecule has 0 aliphatic heterocycles. The second-order valence-corrected chi connectivity index (χ2v) is 9.92. The Morgan fingerprint density at radius 3 is 2.79 bits per heavy atom. The van der Waals surface area contributed by atoms with Gasteiger partial charge in [-0.3, -0.25) is 9.78 Å². The van der Waals surface area contributed by atoms with Gasteiger partial charge in [0, 0.05) is 48.5 Å². The molecule has 0 bridgehead atoms. The van der Waals surface area contributed by atoms with Gasteiger partial charge in [-0.1, -0.05) is 24.3 Å². The van der Waals surface area contributed by atoms with Gasteiger partial charge in [0.2, 0.25) is 5.91 Å². The minimum atomic E-state index is -0.214. The van der Waals surface area contributed by atoms with Gasteiger partial charge in [-0.25, -0.2) is 0 Å². The van der Waals surface area contributed by atoms with E-state index in [4.69, 9.17) is 10.5 Å². The number of ether oxygens (including phenoxy) is 1. The molecule has 2 saturated carbocycles. The third kappa shape index (κ3) is 4.70. The molecule has 174 valence electrons. The Morgan fingerprint density at radius 1 is 1.18 bits per heavy atom. The van der Waals surface area contributed by atoms with E-state index in [1.165, 1.54) is 22.3 Å². The number of carbonyl (C=O) groups excluding carboxylic acids is 1. The molecule has 33 heavy (non-hydrogen) atoms. The van der Waals surface area contributed by atoms with Crippen molar-refractivity contribution in [1.82, 2.24) is 9.88 Å². The van der Waals surface area contributed by atoms with Crippen molar-refractivity contribution in [3.63, 3.8) is 0 Å². The van der Waals surface area contributed by atoms with Gasteiger partial charge in [0.05, 0.1) is 6.10 Å². The van der Waals surface area contributed by atoms with Crippen LogP contribution in [0.25, 0.3) is 0 Å². The van der Waals surface area contributed by atoms with Crippen molar-refractivity contribution in [3.8, 4) is 0 Å². The van der Waals surface area contributed by atoms with Gasteiger partial charge in [0.25, 0.3) is 0 Å². The normalized spacial score (nSPS) is 26.5. The summed E-state index contributed by atoms with van der Waals surface area (Å²) in [6, 6.07) is 6.74. The first-order chi connectivity index (χ1) is 16.1. The number of nitrogens with two attached hydrogens (primary N) is 1. The van der Waals surface area contributed by atoms with Crippen molar-refractivity contribution in [1.29, 1.82) is 0 Å². The van der Waals surface area contributed by atoms with E-state index < -0.39 is 0 Å². The summed E-state index contributed by atoms with van der Waals surface area (Å²) in [4.78, 5) is 18.7. The minimum absolute atomic E-state index is 0.209. The molecule has 0 radical (unpaired) electrons. The average Bonchev–Trinajstić information content (AvgIpc) is 3.37. The molecule has 0 aromatic carbocycles. The second kappa shape index (κ2) is 9.68. The predicted molar refractivity (Wildman–Crippen MR) is 130 cm³/mol. The van der Waals surface area contributed by atoms with Gasteiger partial charge in [0.15, 0.2) is 0 Å².